The molecule has 7 nitrogen and oxygen atoms in total. The summed E-state index contributed by atoms with van der Waals surface area (Å²) < 4.78 is 17.3. The molecule has 0 saturated carbocycles. The normalized spacial score (nSPS) is 15.1. The number of esters is 1. The summed E-state index contributed by atoms with van der Waals surface area (Å²) in [5, 5.41) is 12.0. The number of rotatable bonds is 11. The van der Waals surface area contributed by atoms with Crippen LogP contribution in [-0.4, -0.2) is 72.3 Å². The maximum atomic E-state index is 14.2. The van der Waals surface area contributed by atoms with E-state index in [4.69, 9.17) is 27.9 Å². The molecule has 10 heteroatoms. The molecule has 2 atom stereocenters. The van der Waals surface area contributed by atoms with Crippen LogP contribution in [0.4, 0.5) is 0 Å². The molecule has 47 heavy (non-hydrogen) atoms. The maximum absolute atomic E-state index is 14.2. The van der Waals surface area contributed by atoms with E-state index in [1.807, 2.05) is 54.6 Å². The topological polar surface area (TPSA) is 96.7 Å². The van der Waals surface area contributed by atoms with Gasteiger partial charge in [-0.15, -0.1) is 0 Å². The van der Waals surface area contributed by atoms with Crippen LogP contribution in [0, 0.1) is 11.3 Å². The number of fused-ring (bicyclic) bond motifs is 1. The van der Waals surface area contributed by atoms with Crippen molar-refractivity contribution in [3.8, 4) is 6.07 Å². The molecule has 5 rings (SSSR count). The Kier molecular flexibility index (Phi) is 11.8. The number of benzene rings is 4. The van der Waals surface area contributed by atoms with Crippen molar-refractivity contribution in [2.75, 3.05) is 46.1 Å². The van der Waals surface area contributed by atoms with Gasteiger partial charge in [0.2, 0.25) is 0 Å². The van der Waals surface area contributed by atoms with Crippen molar-refractivity contribution in [2.24, 2.45) is 0 Å². The second kappa shape index (κ2) is 16.0. The Morgan fingerprint density at radius 3 is 2.47 bits per heavy atom. The van der Waals surface area contributed by atoms with Gasteiger partial charge in [0.05, 0.1) is 28.8 Å². The summed E-state index contributed by atoms with van der Waals surface area (Å²) in [7, 11) is 1.30. The number of ether oxygens (including phenoxy) is 1. The van der Waals surface area contributed by atoms with E-state index < -0.39 is 17.1 Å². The molecule has 1 amide bonds. The van der Waals surface area contributed by atoms with Crippen LogP contribution in [0.1, 0.15) is 58.1 Å². The molecular formula is C37H37Cl2N3O4S. The van der Waals surface area contributed by atoms with Crippen molar-refractivity contribution in [1.82, 2.24) is 9.80 Å². The zero-order chi connectivity index (χ0) is 33.5. The summed E-state index contributed by atoms with van der Waals surface area (Å²) in [5.41, 5.74) is 2.80. The lowest BCUT2D eigenvalue weighted by molar-refractivity contribution is -0.141. The molecule has 1 unspecified atom stereocenters. The van der Waals surface area contributed by atoms with Gasteiger partial charge in [-0.2, -0.15) is 5.26 Å². The van der Waals surface area contributed by atoms with Crippen molar-refractivity contribution in [2.45, 2.75) is 36.0 Å². The van der Waals surface area contributed by atoms with Crippen molar-refractivity contribution >= 4 is 57.0 Å². The molecule has 0 N–H and O–H groups in total. The van der Waals surface area contributed by atoms with E-state index in [1.54, 1.807) is 24.5 Å². The largest absolute Gasteiger partial charge is 0.612 e. The van der Waals surface area contributed by atoms with E-state index in [2.05, 4.69) is 17.0 Å². The van der Waals surface area contributed by atoms with Crippen LogP contribution in [0.2, 0.25) is 10.0 Å². The van der Waals surface area contributed by atoms with E-state index in [-0.39, 0.29) is 24.9 Å². The van der Waals surface area contributed by atoms with Gasteiger partial charge in [0, 0.05) is 23.6 Å². The van der Waals surface area contributed by atoms with Gasteiger partial charge in [0.1, 0.15) is 12.8 Å². The first-order chi connectivity index (χ1) is 22.7. The fraction of sp³-hybridized carbons (Fsp3) is 0.324. The summed E-state index contributed by atoms with van der Waals surface area (Å²) in [6.45, 7) is 2.53. The zero-order valence-electron chi connectivity index (χ0n) is 26.5. The molecular weight excluding hydrogens is 653 g/mol. The van der Waals surface area contributed by atoms with Crippen LogP contribution in [0.25, 0.3) is 10.8 Å². The number of piperidine rings is 1. The van der Waals surface area contributed by atoms with Crippen LogP contribution >= 0.6 is 23.2 Å². The third-order valence-corrected chi connectivity index (χ3v) is 10.7. The second-order valence-electron chi connectivity index (χ2n) is 11.9. The number of carbonyl (C=O) groups excluding carboxylic acids is 2. The molecule has 1 aliphatic rings. The Morgan fingerprint density at radius 2 is 1.77 bits per heavy atom. The Morgan fingerprint density at radius 1 is 1.04 bits per heavy atom. The monoisotopic (exact) mass is 689 g/mol. The van der Waals surface area contributed by atoms with Gasteiger partial charge < -0.3 is 19.1 Å². The van der Waals surface area contributed by atoms with E-state index in [1.165, 1.54) is 17.6 Å². The highest BCUT2D eigenvalue weighted by atomic mass is 35.5. The maximum Gasteiger partial charge on any atom is 0.325 e. The molecule has 0 bridgehead atoms. The highest BCUT2D eigenvalue weighted by Crippen LogP contribution is 2.34. The molecule has 4 aromatic rings. The number of carbonyl (C=O) groups is 2. The minimum absolute atomic E-state index is 0.176. The van der Waals surface area contributed by atoms with E-state index in [9.17, 15) is 19.4 Å². The quantitative estimate of drug-likeness (QED) is 0.120. The van der Waals surface area contributed by atoms with Gasteiger partial charge in [-0.3, -0.25) is 9.59 Å². The summed E-state index contributed by atoms with van der Waals surface area (Å²) >= 11 is 11.7. The molecule has 1 fully saturated rings. The minimum atomic E-state index is -1.04. The summed E-state index contributed by atoms with van der Waals surface area (Å²) in [5.74, 6) is -0.724. The third-order valence-electron chi connectivity index (χ3n) is 8.96. The molecule has 0 aliphatic carbocycles. The van der Waals surface area contributed by atoms with Gasteiger partial charge in [0.25, 0.3) is 5.91 Å². The molecule has 0 spiro atoms. The van der Waals surface area contributed by atoms with Gasteiger partial charge in [0.15, 0.2) is 4.90 Å². The average Bonchev–Trinajstić information content (AvgIpc) is 3.10. The third kappa shape index (κ3) is 8.48. The van der Waals surface area contributed by atoms with Gasteiger partial charge >= 0.3 is 5.97 Å². The smallest absolute Gasteiger partial charge is 0.325 e. The highest BCUT2D eigenvalue weighted by molar-refractivity contribution is 7.90. The van der Waals surface area contributed by atoms with Gasteiger partial charge in [-0.05, 0) is 103 Å². The average molecular weight is 691 g/mol. The summed E-state index contributed by atoms with van der Waals surface area (Å²) in [6, 6.07) is 26.4. The molecule has 1 saturated heterocycles. The molecule has 0 aromatic heterocycles. The fourth-order valence-electron chi connectivity index (χ4n) is 6.44. The van der Waals surface area contributed by atoms with Crippen molar-refractivity contribution < 1.29 is 18.9 Å². The SMILES string of the molecule is COC(=O)CN(CC(CCN1CCC(c2ccccc2[S@+](C)[O-])CC1)c1ccc(Cl)c(Cl)c1)C(=O)c1cc(C#N)cc2ccccc12. The lowest BCUT2D eigenvalue weighted by Gasteiger charge is -2.34. The van der Waals surface area contributed by atoms with Crippen LogP contribution in [0.3, 0.4) is 0 Å². The minimum Gasteiger partial charge on any atom is -0.612 e. The van der Waals surface area contributed by atoms with E-state index in [0.717, 1.165) is 48.3 Å². The number of likely N-dealkylation sites (tertiary alicyclic amines) is 1. The van der Waals surface area contributed by atoms with E-state index >= 15 is 0 Å². The first-order valence-corrected chi connectivity index (χ1v) is 17.9. The van der Waals surface area contributed by atoms with Crippen LogP contribution in [0.5, 0.6) is 0 Å². The van der Waals surface area contributed by atoms with Crippen molar-refractivity contribution in [3.05, 3.63) is 111 Å². The zero-order valence-corrected chi connectivity index (χ0v) is 28.8. The number of amides is 1. The van der Waals surface area contributed by atoms with E-state index in [0.29, 0.717) is 38.9 Å². The Bertz CT molecular complexity index is 1790. The predicted molar refractivity (Wildman–Crippen MR) is 188 cm³/mol. The summed E-state index contributed by atoms with van der Waals surface area (Å²) in [4.78, 5) is 31.7. The van der Waals surface area contributed by atoms with Gasteiger partial charge in [-0.1, -0.05) is 71.7 Å². The number of hydrogen-bond donors (Lipinski definition) is 0. The molecule has 1 aliphatic heterocycles. The first-order valence-electron chi connectivity index (χ1n) is 15.6. The second-order valence-corrected chi connectivity index (χ2v) is 14.0. The van der Waals surface area contributed by atoms with Crippen LogP contribution < -0.4 is 0 Å². The molecule has 0 radical (unpaired) electrons. The fourth-order valence-corrected chi connectivity index (χ4v) is 7.59. The van der Waals surface area contributed by atoms with Crippen LogP contribution in [-0.2, 0) is 20.7 Å². The number of methoxy groups -OCH3 is 1. The molecule has 4 aromatic carbocycles. The first kappa shape index (κ1) is 34.7. The van der Waals surface area contributed by atoms with Gasteiger partial charge in [-0.25, -0.2) is 0 Å². The molecule has 244 valence electrons. The molecule has 1 heterocycles. The number of halogens is 2. The van der Waals surface area contributed by atoms with Crippen molar-refractivity contribution in [3.63, 3.8) is 0 Å². The Balaban J connectivity index is 1.39. The number of nitrogens with zero attached hydrogens (tertiary/aromatic N) is 3. The standard InChI is InChI=1S/C37H37Cl2N3O4S/c1-46-36(43)24-42(37(44)32-20-25(22-40)19-28-7-3-4-8-30(28)32)23-29(27-11-12-33(38)34(39)21-27)15-18-41-16-13-26(14-17-41)31-9-5-6-10-35(31)47(2)45/h3-12,19-21,26,29H,13-18,23-24H2,1-2H3/t29?,47-/m0/s1. The Hall–Kier alpha value is -3.58. The number of nitriles is 1. The number of hydrogen-bond acceptors (Lipinski definition) is 6. The van der Waals surface area contributed by atoms with Crippen molar-refractivity contribution in [1.29, 1.82) is 5.26 Å². The van der Waals surface area contributed by atoms with Crippen LogP contribution in [0.15, 0.2) is 83.8 Å². The summed E-state index contributed by atoms with van der Waals surface area (Å²) in [6.07, 6.45) is 4.35. The lowest BCUT2D eigenvalue weighted by atomic mass is 9.88. The Labute approximate surface area is 289 Å². The lowest BCUT2D eigenvalue weighted by Crippen LogP contribution is -2.40. The predicted octanol–water partition coefficient (Wildman–Crippen LogP) is 7.42. The highest BCUT2D eigenvalue weighted by Gasteiger charge is 2.29.